The van der Waals surface area contributed by atoms with Crippen molar-refractivity contribution in [3.05, 3.63) is 106 Å². The number of hydrogen-bond donors (Lipinski definition) is 1. The van der Waals surface area contributed by atoms with E-state index in [1.54, 1.807) is 49.4 Å². The largest absolute Gasteiger partial charge is 0.462 e. The third-order valence-electron chi connectivity index (χ3n) is 4.89. The minimum atomic E-state index is -0.482. The minimum Gasteiger partial charge on any atom is -0.462 e. The first-order valence-electron chi connectivity index (χ1n) is 10.2. The molecule has 7 nitrogen and oxygen atoms in total. The van der Waals surface area contributed by atoms with E-state index in [-0.39, 0.29) is 24.4 Å². The number of esters is 1. The monoisotopic (exact) mass is 427 g/mol. The number of benzene rings is 3. The minimum absolute atomic E-state index is 0.123. The summed E-state index contributed by atoms with van der Waals surface area (Å²) in [5.74, 6) is -0.951. The molecule has 0 bridgehead atoms. The number of amides is 1. The standard InChI is InChI=1S/C25H21N3O4/c1-2-32-25(31)18-11-8-12-19(15-18)26-23(29)22-20-13-6-7-14-21(20)24(30)28(27-22)16-17-9-4-3-5-10-17/h3-15H,2,16H2,1H3,(H,26,29). The molecule has 0 saturated heterocycles. The number of nitrogens with zero attached hydrogens (tertiary/aromatic N) is 2. The van der Waals surface area contributed by atoms with Gasteiger partial charge in [-0.25, -0.2) is 9.48 Å². The van der Waals surface area contributed by atoms with Gasteiger partial charge in [-0.15, -0.1) is 0 Å². The smallest absolute Gasteiger partial charge is 0.338 e. The molecule has 0 saturated carbocycles. The summed E-state index contributed by atoms with van der Waals surface area (Å²) in [6.07, 6.45) is 0. The molecule has 4 aromatic rings. The van der Waals surface area contributed by atoms with Gasteiger partial charge in [0, 0.05) is 11.1 Å². The molecule has 1 N–H and O–H groups in total. The number of aromatic nitrogens is 2. The topological polar surface area (TPSA) is 90.3 Å². The van der Waals surface area contributed by atoms with Crippen LogP contribution in [0.1, 0.15) is 33.3 Å². The molecule has 7 heteroatoms. The molecule has 1 amide bonds. The lowest BCUT2D eigenvalue weighted by atomic mass is 10.1. The number of rotatable bonds is 6. The zero-order valence-electron chi connectivity index (χ0n) is 17.4. The Morgan fingerprint density at radius 2 is 1.66 bits per heavy atom. The van der Waals surface area contributed by atoms with Gasteiger partial charge in [0.1, 0.15) is 0 Å². The second-order valence-corrected chi connectivity index (χ2v) is 7.10. The van der Waals surface area contributed by atoms with Crippen molar-refractivity contribution >= 4 is 28.3 Å². The Labute approximate surface area is 184 Å². The van der Waals surface area contributed by atoms with Gasteiger partial charge < -0.3 is 10.1 Å². The number of carbonyl (C=O) groups excluding carboxylic acids is 2. The summed E-state index contributed by atoms with van der Waals surface area (Å²) in [5, 5.41) is 8.02. The van der Waals surface area contributed by atoms with Crippen LogP contribution in [0.2, 0.25) is 0 Å². The van der Waals surface area contributed by atoms with Crippen LogP contribution < -0.4 is 10.9 Å². The van der Waals surface area contributed by atoms with Gasteiger partial charge in [-0.1, -0.05) is 54.6 Å². The Hall–Kier alpha value is -4.26. The summed E-state index contributed by atoms with van der Waals surface area (Å²) < 4.78 is 6.31. The molecule has 0 fully saturated rings. The summed E-state index contributed by atoms with van der Waals surface area (Å²) in [6, 6.07) is 22.8. The van der Waals surface area contributed by atoms with Crippen LogP contribution in [-0.2, 0) is 11.3 Å². The Balaban J connectivity index is 1.71. The van der Waals surface area contributed by atoms with Crippen LogP contribution in [0.4, 0.5) is 5.69 Å². The van der Waals surface area contributed by atoms with Gasteiger partial charge >= 0.3 is 5.97 Å². The Kier molecular flexibility index (Phi) is 6.07. The summed E-state index contributed by atoms with van der Waals surface area (Å²) in [4.78, 5) is 38.1. The molecule has 1 aromatic heterocycles. The maximum Gasteiger partial charge on any atom is 0.338 e. The second kappa shape index (κ2) is 9.26. The van der Waals surface area contributed by atoms with Gasteiger partial charge in [-0.05, 0) is 36.8 Å². The lowest BCUT2D eigenvalue weighted by Crippen LogP contribution is -2.28. The molecule has 0 aliphatic rings. The summed E-state index contributed by atoms with van der Waals surface area (Å²) >= 11 is 0. The lowest BCUT2D eigenvalue weighted by Gasteiger charge is -2.12. The van der Waals surface area contributed by atoms with Crippen LogP contribution in [0.15, 0.2) is 83.7 Å². The van der Waals surface area contributed by atoms with E-state index in [0.29, 0.717) is 22.0 Å². The average molecular weight is 427 g/mol. The normalized spacial score (nSPS) is 10.7. The predicted molar refractivity (Wildman–Crippen MR) is 122 cm³/mol. The summed E-state index contributed by atoms with van der Waals surface area (Å²) in [5.41, 5.74) is 1.50. The SMILES string of the molecule is CCOC(=O)c1cccc(NC(=O)c2nn(Cc3ccccc3)c(=O)c3ccccc23)c1. The number of fused-ring (bicyclic) bond motifs is 1. The highest BCUT2D eigenvalue weighted by molar-refractivity contribution is 6.11. The van der Waals surface area contributed by atoms with Crippen LogP contribution in [0, 0.1) is 0 Å². The van der Waals surface area contributed by atoms with Crippen LogP contribution >= 0.6 is 0 Å². The van der Waals surface area contributed by atoms with Gasteiger partial charge in [0.25, 0.3) is 11.5 Å². The van der Waals surface area contributed by atoms with Crippen molar-refractivity contribution in [2.24, 2.45) is 0 Å². The summed E-state index contributed by atoms with van der Waals surface area (Å²) in [6.45, 7) is 2.22. The average Bonchev–Trinajstić information content (AvgIpc) is 2.82. The zero-order valence-corrected chi connectivity index (χ0v) is 17.4. The molecule has 0 aliphatic heterocycles. The highest BCUT2D eigenvalue weighted by Gasteiger charge is 2.18. The van der Waals surface area contributed by atoms with Crippen molar-refractivity contribution in [3.8, 4) is 0 Å². The van der Waals surface area contributed by atoms with E-state index in [9.17, 15) is 14.4 Å². The third-order valence-corrected chi connectivity index (χ3v) is 4.89. The van der Waals surface area contributed by atoms with Gasteiger partial charge in [-0.2, -0.15) is 5.10 Å². The molecule has 0 aliphatic carbocycles. The first-order chi connectivity index (χ1) is 15.6. The highest BCUT2D eigenvalue weighted by Crippen LogP contribution is 2.17. The van der Waals surface area contributed by atoms with Crippen molar-refractivity contribution < 1.29 is 14.3 Å². The molecule has 0 spiro atoms. The molecule has 3 aromatic carbocycles. The van der Waals surface area contributed by atoms with Gasteiger partial charge in [0.05, 0.1) is 24.1 Å². The molecule has 4 rings (SSSR count). The van der Waals surface area contributed by atoms with E-state index in [4.69, 9.17) is 4.74 Å². The van der Waals surface area contributed by atoms with E-state index in [1.807, 2.05) is 30.3 Å². The van der Waals surface area contributed by atoms with E-state index in [1.165, 1.54) is 10.7 Å². The number of nitrogens with one attached hydrogen (secondary N) is 1. The summed E-state index contributed by atoms with van der Waals surface area (Å²) in [7, 11) is 0. The van der Waals surface area contributed by atoms with Crippen molar-refractivity contribution in [1.82, 2.24) is 9.78 Å². The van der Waals surface area contributed by atoms with Gasteiger partial charge in [0.15, 0.2) is 5.69 Å². The Morgan fingerprint density at radius 3 is 2.41 bits per heavy atom. The van der Waals surface area contributed by atoms with Crippen molar-refractivity contribution in [2.45, 2.75) is 13.5 Å². The van der Waals surface area contributed by atoms with Crippen molar-refractivity contribution in [3.63, 3.8) is 0 Å². The Morgan fingerprint density at radius 1 is 0.938 bits per heavy atom. The molecular formula is C25H21N3O4. The first kappa shape index (κ1) is 21.0. The molecule has 32 heavy (non-hydrogen) atoms. The maximum atomic E-state index is 13.1. The fourth-order valence-corrected chi connectivity index (χ4v) is 3.40. The lowest BCUT2D eigenvalue weighted by molar-refractivity contribution is 0.0526. The van der Waals surface area contributed by atoms with E-state index in [0.717, 1.165) is 5.56 Å². The molecule has 0 unspecified atom stereocenters. The van der Waals surface area contributed by atoms with Gasteiger partial charge in [0.2, 0.25) is 0 Å². The quantitative estimate of drug-likeness (QED) is 0.472. The molecule has 160 valence electrons. The van der Waals surface area contributed by atoms with Crippen molar-refractivity contribution in [2.75, 3.05) is 11.9 Å². The second-order valence-electron chi connectivity index (χ2n) is 7.10. The van der Waals surface area contributed by atoms with E-state index < -0.39 is 11.9 Å². The molecular weight excluding hydrogens is 406 g/mol. The third kappa shape index (κ3) is 4.41. The number of ether oxygens (including phenoxy) is 1. The van der Waals surface area contributed by atoms with Crippen molar-refractivity contribution in [1.29, 1.82) is 0 Å². The highest BCUT2D eigenvalue weighted by atomic mass is 16.5. The number of anilines is 1. The number of hydrogen-bond acceptors (Lipinski definition) is 5. The first-order valence-corrected chi connectivity index (χ1v) is 10.2. The van der Waals surface area contributed by atoms with Crippen LogP contribution in [0.3, 0.4) is 0 Å². The molecule has 1 heterocycles. The maximum absolute atomic E-state index is 13.1. The number of carbonyl (C=O) groups is 2. The molecule has 0 atom stereocenters. The van der Waals surface area contributed by atoms with Crippen LogP contribution in [0.5, 0.6) is 0 Å². The van der Waals surface area contributed by atoms with Crippen LogP contribution in [0.25, 0.3) is 10.8 Å². The molecule has 0 radical (unpaired) electrons. The predicted octanol–water partition coefficient (Wildman–Crippen LogP) is 3.87. The van der Waals surface area contributed by atoms with Gasteiger partial charge in [-0.3, -0.25) is 9.59 Å². The Bertz CT molecular complexity index is 1350. The fourth-order valence-electron chi connectivity index (χ4n) is 3.40. The van der Waals surface area contributed by atoms with Crippen LogP contribution in [-0.4, -0.2) is 28.3 Å². The zero-order chi connectivity index (χ0) is 22.5. The van der Waals surface area contributed by atoms with E-state index >= 15 is 0 Å². The van der Waals surface area contributed by atoms with E-state index in [2.05, 4.69) is 10.4 Å². The fraction of sp³-hybridized carbons (Fsp3) is 0.120.